The maximum atomic E-state index is 11.3. The van der Waals surface area contributed by atoms with Crippen LogP contribution in [0.15, 0.2) is 66.7 Å². The van der Waals surface area contributed by atoms with E-state index in [0.717, 1.165) is 29.4 Å². The molecular formula is C20H20N2O2. The molecule has 0 aliphatic rings. The highest BCUT2D eigenvalue weighted by Gasteiger charge is 2.10. The van der Waals surface area contributed by atoms with Crippen LogP contribution in [0.1, 0.15) is 13.3 Å². The lowest BCUT2D eigenvalue weighted by Gasteiger charge is -2.20. The number of fused-ring (bicyclic) bond motifs is 1. The number of carbonyl (C=O) groups is 1. The van der Waals surface area contributed by atoms with Crippen LogP contribution in [-0.2, 0) is 4.79 Å². The summed E-state index contributed by atoms with van der Waals surface area (Å²) in [6, 6.07) is 21.5. The molecule has 1 aromatic heterocycles. The minimum atomic E-state index is -0.0372. The zero-order valence-corrected chi connectivity index (χ0v) is 13.6. The quantitative estimate of drug-likeness (QED) is 0.617. The summed E-state index contributed by atoms with van der Waals surface area (Å²) in [6.45, 7) is 2.59. The number of nitrogens with zero attached hydrogens (tertiary/aromatic N) is 2. The van der Waals surface area contributed by atoms with E-state index in [-0.39, 0.29) is 6.10 Å². The molecule has 0 N–H and O–H groups in total. The monoisotopic (exact) mass is 320 g/mol. The van der Waals surface area contributed by atoms with E-state index in [0.29, 0.717) is 12.4 Å². The molecule has 0 saturated heterocycles. The van der Waals surface area contributed by atoms with Crippen molar-refractivity contribution in [2.24, 2.45) is 0 Å². The molecule has 122 valence electrons. The summed E-state index contributed by atoms with van der Waals surface area (Å²) in [5.74, 6) is 0.610. The van der Waals surface area contributed by atoms with E-state index >= 15 is 0 Å². The Morgan fingerprint density at radius 3 is 2.58 bits per heavy atom. The first-order chi connectivity index (χ1) is 11.8. The van der Waals surface area contributed by atoms with E-state index in [2.05, 4.69) is 4.98 Å². The Kier molecular flexibility index (Phi) is 5.06. The van der Waals surface area contributed by atoms with Gasteiger partial charge in [-0.3, -0.25) is 4.79 Å². The van der Waals surface area contributed by atoms with Crippen molar-refractivity contribution in [2.45, 2.75) is 19.4 Å². The molecule has 3 rings (SSSR count). The molecule has 4 heteroatoms. The molecule has 0 aliphatic heterocycles. The lowest BCUT2D eigenvalue weighted by atomic mass is 10.2. The zero-order chi connectivity index (χ0) is 16.8. The number of hydrogen-bond donors (Lipinski definition) is 0. The molecule has 0 spiro atoms. The van der Waals surface area contributed by atoms with Crippen LogP contribution >= 0.6 is 0 Å². The maximum Gasteiger partial charge on any atom is 0.214 e. The number of anilines is 1. The number of carbonyl (C=O) groups excluding carboxylic acids is 1. The van der Waals surface area contributed by atoms with Crippen LogP contribution < -0.4 is 9.64 Å². The Labute approximate surface area is 141 Å². The standard InChI is InChI=1S/C20H20N2O2/c1-16(13-14-22(15-23)18-8-3-2-4-9-18)24-20-12-11-17-7-5-6-10-19(17)21-20/h2-12,15-16H,13-14H2,1H3. The molecule has 1 atom stereocenters. The van der Waals surface area contributed by atoms with Crippen LogP contribution in [0.4, 0.5) is 5.69 Å². The number of para-hydroxylation sites is 2. The summed E-state index contributed by atoms with van der Waals surface area (Å²) >= 11 is 0. The van der Waals surface area contributed by atoms with Crippen molar-refractivity contribution < 1.29 is 9.53 Å². The van der Waals surface area contributed by atoms with Crippen LogP contribution in [0.2, 0.25) is 0 Å². The molecule has 3 aromatic rings. The second-order valence-electron chi connectivity index (χ2n) is 5.69. The number of pyridine rings is 1. The van der Waals surface area contributed by atoms with Gasteiger partial charge >= 0.3 is 0 Å². The molecule has 24 heavy (non-hydrogen) atoms. The Balaban J connectivity index is 1.60. The normalized spacial score (nSPS) is 11.9. The first-order valence-corrected chi connectivity index (χ1v) is 8.06. The van der Waals surface area contributed by atoms with E-state index in [1.807, 2.05) is 73.7 Å². The van der Waals surface area contributed by atoms with Gasteiger partial charge in [-0.1, -0.05) is 36.4 Å². The van der Waals surface area contributed by atoms with Gasteiger partial charge in [-0.2, -0.15) is 0 Å². The largest absolute Gasteiger partial charge is 0.475 e. The summed E-state index contributed by atoms with van der Waals surface area (Å²) in [6.07, 6.45) is 1.54. The molecule has 1 heterocycles. The predicted octanol–water partition coefficient (Wildman–Crippen LogP) is 4.06. The SMILES string of the molecule is CC(CCN(C=O)c1ccccc1)Oc1ccc2ccccc2n1. The maximum absolute atomic E-state index is 11.3. The molecule has 0 aliphatic carbocycles. The fourth-order valence-electron chi connectivity index (χ4n) is 2.56. The van der Waals surface area contributed by atoms with Gasteiger partial charge < -0.3 is 9.64 Å². The molecule has 0 bridgehead atoms. The molecular weight excluding hydrogens is 300 g/mol. The Bertz CT molecular complexity index is 805. The third-order valence-corrected chi connectivity index (χ3v) is 3.89. The lowest BCUT2D eigenvalue weighted by molar-refractivity contribution is -0.107. The second-order valence-corrected chi connectivity index (χ2v) is 5.69. The number of ether oxygens (including phenoxy) is 1. The van der Waals surface area contributed by atoms with Crippen molar-refractivity contribution in [3.05, 3.63) is 66.7 Å². The highest BCUT2D eigenvalue weighted by molar-refractivity contribution is 5.78. The van der Waals surface area contributed by atoms with Gasteiger partial charge in [0.25, 0.3) is 0 Å². The van der Waals surface area contributed by atoms with Gasteiger partial charge in [0.05, 0.1) is 11.6 Å². The smallest absolute Gasteiger partial charge is 0.214 e. The fourth-order valence-corrected chi connectivity index (χ4v) is 2.56. The van der Waals surface area contributed by atoms with Gasteiger partial charge in [-0.25, -0.2) is 4.98 Å². The Hall–Kier alpha value is -2.88. The number of rotatable bonds is 7. The van der Waals surface area contributed by atoms with E-state index in [9.17, 15) is 4.79 Å². The van der Waals surface area contributed by atoms with Gasteiger partial charge in [-0.05, 0) is 31.2 Å². The van der Waals surface area contributed by atoms with Crippen molar-refractivity contribution >= 4 is 23.0 Å². The Morgan fingerprint density at radius 2 is 1.79 bits per heavy atom. The number of amides is 1. The minimum absolute atomic E-state index is 0.0372. The number of aromatic nitrogens is 1. The van der Waals surface area contributed by atoms with Gasteiger partial charge in [0.1, 0.15) is 0 Å². The average Bonchev–Trinajstić information content (AvgIpc) is 2.63. The highest BCUT2D eigenvalue weighted by atomic mass is 16.5. The predicted molar refractivity (Wildman–Crippen MR) is 96.3 cm³/mol. The van der Waals surface area contributed by atoms with Crippen LogP contribution in [0.25, 0.3) is 10.9 Å². The topological polar surface area (TPSA) is 42.4 Å². The lowest BCUT2D eigenvalue weighted by Crippen LogP contribution is -2.26. The molecule has 0 radical (unpaired) electrons. The Morgan fingerprint density at radius 1 is 1.04 bits per heavy atom. The number of benzene rings is 2. The van der Waals surface area contributed by atoms with Gasteiger partial charge in [0, 0.05) is 30.1 Å². The number of hydrogen-bond acceptors (Lipinski definition) is 3. The molecule has 1 amide bonds. The third-order valence-electron chi connectivity index (χ3n) is 3.89. The van der Waals surface area contributed by atoms with Crippen molar-refractivity contribution in [1.82, 2.24) is 4.98 Å². The summed E-state index contributed by atoms with van der Waals surface area (Å²) in [4.78, 5) is 17.5. The van der Waals surface area contributed by atoms with E-state index in [1.54, 1.807) is 4.90 Å². The van der Waals surface area contributed by atoms with Crippen molar-refractivity contribution in [1.29, 1.82) is 0 Å². The van der Waals surface area contributed by atoms with Crippen LogP contribution in [0.5, 0.6) is 5.88 Å². The molecule has 4 nitrogen and oxygen atoms in total. The minimum Gasteiger partial charge on any atom is -0.475 e. The molecule has 1 unspecified atom stereocenters. The van der Waals surface area contributed by atoms with Crippen molar-refractivity contribution in [2.75, 3.05) is 11.4 Å². The van der Waals surface area contributed by atoms with E-state index < -0.39 is 0 Å². The molecule has 2 aromatic carbocycles. The van der Waals surface area contributed by atoms with Gasteiger partial charge in [0.2, 0.25) is 12.3 Å². The summed E-state index contributed by atoms with van der Waals surface area (Å²) < 4.78 is 5.90. The summed E-state index contributed by atoms with van der Waals surface area (Å²) in [7, 11) is 0. The summed E-state index contributed by atoms with van der Waals surface area (Å²) in [5.41, 5.74) is 1.81. The third kappa shape index (κ3) is 3.90. The fraction of sp³-hybridized carbons (Fsp3) is 0.200. The van der Waals surface area contributed by atoms with Crippen LogP contribution in [-0.4, -0.2) is 24.0 Å². The second kappa shape index (κ2) is 7.59. The first kappa shape index (κ1) is 16.0. The summed E-state index contributed by atoms with van der Waals surface area (Å²) in [5, 5.41) is 1.09. The van der Waals surface area contributed by atoms with Gasteiger partial charge in [-0.15, -0.1) is 0 Å². The molecule has 0 saturated carbocycles. The van der Waals surface area contributed by atoms with Gasteiger partial charge in [0.15, 0.2) is 0 Å². The van der Waals surface area contributed by atoms with Crippen molar-refractivity contribution in [3.63, 3.8) is 0 Å². The van der Waals surface area contributed by atoms with E-state index in [4.69, 9.17) is 4.74 Å². The van der Waals surface area contributed by atoms with Crippen LogP contribution in [0.3, 0.4) is 0 Å². The average molecular weight is 320 g/mol. The first-order valence-electron chi connectivity index (χ1n) is 8.06. The van der Waals surface area contributed by atoms with Crippen molar-refractivity contribution in [3.8, 4) is 5.88 Å². The molecule has 0 fully saturated rings. The van der Waals surface area contributed by atoms with E-state index in [1.165, 1.54) is 0 Å². The van der Waals surface area contributed by atoms with Crippen LogP contribution in [0, 0.1) is 0 Å². The zero-order valence-electron chi connectivity index (χ0n) is 13.6. The highest BCUT2D eigenvalue weighted by Crippen LogP contribution is 2.18.